The summed E-state index contributed by atoms with van der Waals surface area (Å²) in [5.41, 5.74) is 1.34. The number of ether oxygens (including phenoxy) is 1. The van der Waals surface area contributed by atoms with Gasteiger partial charge in [-0.25, -0.2) is 0 Å². The number of hydrogen-bond acceptors (Lipinski definition) is 1. The average Bonchev–Trinajstić information content (AvgIpc) is 2.18. The highest BCUT2D eigenvalue weighted by Crippen LogP contribution is 2.21. The summed E-state index contributed by atoms with van der Waals surface area (Å²) in [6.45, 7) is 8.63. The molecule has 0 saturated heterocycles. The number of rotatable bonds is 4. The number of hydrogen-bond donors (Lipinski definition) is 0. The summed E-state index contributed by atoms with van der Waals surface area (Å²) >= 11 is 0. The maximum absolute atomic E-state index is 5.75. The van der Waals surface area contributed by atoms with Crippen molar-refractivity contribution in [2.24, 2.45) is 0 Å². The van der Waals surface area contributed by atoms with E-state index in [2.05, 4.69) is 45.9 Å². The van der Waals surface area contributed by atoms with Crippen LogP contribution in [0.2, 0.25) is 0 Å². The summed E-state index contributed by atoms with van der Waals surface area (Å²) in [6, 6.07) is 8.37. The molecule has 0 aliphatic carbocycles. The van der Waals surface area contributed by atoms with Crippen LogP contribution in [0, 0.1) is 0 Å². The molecule has 1 aromatic rings. The fourth-order valence-electron chi connectivity index (χ4n) is 1.26. The van der Waals surface area contributed by atoms with Crippen LogP contribution in [0.25, 0.3) is 0 Å². The predicted octanol–water partition coefficient (Wildman–Crippen LogP) is 3.99. The molecule has 1 aromatic carbocycles. The molecule has 0 bridgehead atoms. The Labute approximate surface area is 87.1 Å². The average molecular weight is 192 g/mol. The van der Waals surface area contributed by atoms with E-state index < -0.39 is 0 Å². The summed E-state index contributed by atoms with van der Waals surface area (Å²) in [4.78, 5) is 0. The van der Waals surface area contributed by atoms with Crippen LogP contribution in [0.5, 0.6) is 5.75 Å². The van der Waals surface area contributed by atoms with Crippen molar-refractivity contribution in [2.75, 3.05) is 0 Å². The minimum atomic E-state index is 0.303. The van der Waals surface area contributed by atoms with Crippen LogP contribution in [0.3, 0.4) is 0 Å². The molecule has 0 amide bonds. The third-order valence-corrected chi connectivity index (χ3v) is 2.44. The first-order chi connectivity index (χ1) is 6.63. The third kappa shape index (κ3) is 3.06. The van der Waals surface area contributed by atoms with Gasteiger partial charge in [-0.1, -0.05) is 32.9 Å². The van der Waals surface area contributed by atoms with E-state index in [9.17, 15) is 0 Å². The molecule has 0 saturated carbocycles. The second-order valence-electron chi connectivity index (χ2n) is 4.06. The van der Waals surface area contributed by atoms with E-state index in [4.69, 9.17) is 4.74 Å². The molecule has 1 atom stereocenters. The standard InChI is InChI=1S/C13H20O/c1-5-11(4)14-13-8-6-7-12(9-13)10(2)3/h6-11H,5H2,1-4H3/t11-/m1/s1. The highest BCUT2D eigenvalue weighted by molar-refractivity contribution is 5.30. The fraction of sp³-hybridized carbons (Fsp3) is 0.538. The van der Waals surface area contributed by atoms with E-state index in [0.29, 0.717) is 12.0 Å². The van der Waals surface area contributed by atoms with Gasteiger partial charge in [-0.2, -0.15) is 0 Å². The van der Waals surface area contributed by atoms with Crippen LogP contribution >= 0.6 is 0 Å². The molecule has 78 valence electrons. The largest absolute Gasteiger partial charge is 0.491 e. The van der Waals surface area contributed by atoms with Gasteiger partial charge in [-0.3, -0.25) is 0 Å². The Hall–Kier alpha value is -0.980. The van der Waals surface area contributed by atoms with Crippen LogP contribution in [-0.2, 0) is 0 Å². The van der Waals surface area contributed by atoms with Crippen LogP contribution in [0.4, 0.5) is 0 Å². The first-order valence-corrected chi connectivity index (χ1v) is 5.40. The van der Waals surface area contributed by atoms with Gasteiger partial charge in [0.2, 0.25) is 0 Å². The van der Waals surface area contributed by atoms with Crippen molar-refractivity contribution in [3.63, 3.8) is 0 Å². The molecule has 0 fully saturated rings. The van der Waals surface area contributed by atoms with E-state index in [0.717, 1.165) is 12.2 Å². The molecule has 0 aromatic heterocycles. The first-order valence-electron chi connectivity index (χ1n) is 5.40. The van der Waals surface area contributed by atoms with Gasteiger partial charge in [-0.05, 0) is 37.0 Å². The monoisotopic (exact) mass is 192 g/mol. The van der Waals surface area contributed by atoms with Crippen molar-refractivity contribution in [3.05, 3.63) is 29.8 Å². The van der Waals surface area contributed by atoms with E-state index in [1.165, 1.54) is 5.56 Å². The molecule has 0 unspecified atom stereocenters. The van der Waals surface area contributed by atoms with Crippen LogP contribution in [0.15, 0.2) is 24.3 Å². The molecule has 1 heteroatoms. The zero-order valence-corrected chi connectivity index (χ0v) is 9.58. The third-order valence-electron chi connectivity index (χ3n) is 2.44. The molecule has 0 spiro atoms. The van der Waals surface area contributed by atoms with Gasteiger partial charge < -0.3 is 4.74 Å². The smallest absolute Gasteiger partial charge is 0.119 e. The number of benzene rings is 1. The summed E-state index contributed by atoms with van der Waals surface area (Å²) < 4.78 is 5.75. The molecule has 1 rings (SSSR count). The maximum Gasteiger partial charge on any atom is 0.119 e. The van der Waals surface area contributed by atoms with Gasteiger partial charge in [-0.15, -0.1) is 0 Å². The van der Waals surface area contributed by atoms with Crippen LogP contribution in [-0.4, -0.2) is 6.10 Å². The zero-order chi connectivity index (χ0) is 10.6. The van der Waals surface area contributed by atoms with Gasteiger partial charge >= 0.3 is 0 Å². The second-order valence-corrected chi connectivity index (χ2v) is 4.06. The Balaban J connectivity index is 2.73. The van der Waals surface area contributed by atoms with E-state index in [1.54, 1.807) is 0 Å². The quantitative estimate of drug-likeness (QED) is 0.701. The van der Waals surface area contributed by atoms with Gasteiger partial charge in [0.1, 0.15) is 5.75 Å². The Kier molecular flexibility index (Phi) is 3.99. The van der Waals surface area contributed by atoms with Gasteiger partial charge in [0, 0.05) is 0 Å². The molecule has 0 aliphatic heterocycles. The lowest BCUT2D eigenvalue weighted by atomic mass is 10.0. The van der Waals surface area contributed by atoms with Gasteiger partial charge in [0.25, 0.3) is 0 Å². The lowest BCUT2D eigenvalue weighted by Crippen LogP contribution is -2.09. The SMILES string of the molecule is CC[C@@H](C)Oc1cccc(C(C)C)c1. The molecular formula is C13H20O. The Bertz CT molecular complexity index is 278. The van der Waals surface area contributed by atoms with Crippen molar-refractivity contribution in [1.82, 2.24) is 0 Å². The van der Waals surface area contributed by atoms with Crippen molar-refractivity contribution in [1.29, 1.82) is 0 Å². The second kappa shape index (κ2) is 5.04. The van der Waals surface area contributed by atoms with Crippen molar-refractivity contribution in [3.8, 4) is 5.75 Å². The highest BCUT2D eigenvalue weighted by atomic mass is 16.5. The van der Waals surface area contributed by atoms with Crippen LogP contribution in [0.1, 0.15) is 45.6 Å². The summed E-state index contributed by atoms with van der Waals surface area (Å²) in [5, 5.41) is 0. The Morgan fingerprint density at radius 3 is 2.50 bits per heavy atom. The normalized spacial score (nSPS) is 12.9. The molecular weight excluding hydrogens is 172 g/mol. The molecule has 0 heterocycles. The minimum Gasteiger partial charge on any atom is -0.491 e. The Morgan fingerprint density at radius 1 is 1.21 bits per heavy atom. The van der Waals surface area contributed by atoms with Crippen LogP contribution < -0.4 is 4.74 Å². The predicted molar refractivity (Wildman–Crippen MR) is 60.9 cm³/mol. The highest BCUT2D eigenvalue weighted by Gasteiger charge is 2.03. The van der Waals surface area contributed by atoms with Crippen molar-refractivity contribution in [2.45, 2.75) is 46.1 Å². The molecule has 1 nitrogen and oxygen atoms in total. The molecule has 0 aliphatic rings. The fourth-order valence-corrected chi connectivity index (χ4v) is 1.26. The van der Waals surface area contributed by atoms with Crippen molar-refractivity contribution >= 4 is 0 Å². The Morgan fingerprint density at radius 2 is 1.93 bits per heavy atom. The lowest BCUT2D eigenvalue weighted by molar-refractivity contribution is 0.217. The summed E-state index contributed by atoms with van der Waals surface area (Å²) in [6.07, 6.45) is 1.35. The van der Waals surface area contributed by atoms with E-state index in [-0.39, 0.29) is 0 Å². The maximum atomic E-state index is 5.75. The van der Waals surface area contributed by atoms with E-state index >= 15 is 0 Å². The van der Waals surface area contributed by atoms with Gasteiger partial charge in [0.15, 0.2) is 0 Å². The summed E-state index contributed by atoms with van der Waals surface area (Å²) in [5.74, 6) is 1.56. The van der Waals surface area contributed by atoms with E-state index in [1.807, 2.05) is 6.07 Å². The molecule has 0 radical (unpaired) electrons. The zero-order valence-electron chi connectivity index (χ0n) is 9.58. The lowest BCUT2D eigenvalue weighted by Gasteiger charge is -2.14. The molecule has 0 N–H and O–H groups in total. The molecule has 14 heavy (non-hydrogen) atoms. The minimum absolute atomic E-state index is 0.303. The topological polar surface area (TPSA) is 9.23 Å². The first kappa shape index (κ1) is 11.1. The summed E-state index contributed by atoms with van der Waals surface area (Å²) in [7, 11) is 0. The van der Waals surface area contributed by atoms with Gasteiger partial charge in [0.05, 0.1) is 6.10 Å². The van der Waals surface area contributed by atoms with Crippen molar-refractivity contribution < 1.29 is 4.74 Å².